The Balaban J connectivity index is 2.30. The summed E-state index contributed by atoms with van der Waals surface area (Å²) in [6.07, 6.45) is 2.70. The summed E-state index contributed by atoms with van der Waals surface area (Å²) in [4.78, 5) is 65.3. The monoisotopic (exact) mass is 560 g/mol. The first-order valence-corrected chi connectivity index (χ1v) is 13.3. The van der Waals surface area contributed by atoms with Crippen LogP contribution in [0.4, 0.5) is 0 Å². The fourth-order valence-electron chi connectivity index (χ4n) is 4.22. The molecule has 4 unspecified atom stereocenters. The van der Waals surface area contributed by atoms with Gasteiger partial charge in [0.05, 0.1) is 6.04 Å². The molecule has 0 aliphatic rings. The van der Waals surface area contributed by atoms with Crippen molar-refractivity contribution < 1.29 is 34.2 Å². The largest absolute Gasteiger partial charge is 0.481 e. The van der Waals surface area contributed by atoms with Gasteiger partial charge in [-0.1, -0.05) is 38.5 Å². The Morgan fingerprint density at radius 1 is 0.900 bits per heavy atom. The van der Waals surface area contributed by atoms with Crippen molar-refractivity contribution in [2.24, 2.45) is 17.4 Å². The number of nitrogens with two attached hydrogens (primary N) is 2. The Bertz CT molecular complexity index is 1180. The predicted molar refractivity (Wildman–Crippen MR) is 148 cm³/mol. The van der Waals surface area contributed by atoms with Crippen molar-refractivity contribution in [1.82, 2.24) is 20.9 Å². The first kappa shape index (κ1) is 32.2. The Morgan fingerprint density at radius 3 is 2.17 bits per heavy atom. The summed E-state index contributed by atoms with van der Waals surface area (Å²) >= 11 is 0. The van der Waals surface area contributed by atoms with Crippen molar-refractivity contribution in [3.05, 3.63) is 36.0 Å². The lowest BCUT2D eigenvalue weighted by atomic mass is 10.0. The minimum Gasteiger partial charge on any atom is -0.481 e. The lowest BCUT2D eigenvalue weighted by Crippen LogP contribution is -2.58. The zero-order valence-corrected chi connectivity index (χ0v) is 22.8. The molecule has 220 valence electrons. The Morgan fingerprint density at radius 2 is 1.55 bits per heavy atom. The Kier molecular flexibility index (Phi) is 12.6. The normalized spacial score (nSPS) is 14.2. The van der Waals surface area contributed by atoms with Gasteiger partial charge in [0.2, 0.25) is 17.7 Å². The average Bonchev–Trinajstić information content (AvgIpc) is 3.31. The van der Waals surface area contributed by atoms with Gasteiger partial charge in [0, 0.05) is 29.9 Å². The van der Waals surface area contributed by atoms with E-state index < -0.39 is 66.2 Å². The summed E-state index contributed by atoms with van der Waals surface area (Å²) < 4.78 is 0. The van der Waals surface area contributed by atoms with Crippen LogP contribution in [0.25, 0.3) is 10.9 Å². The van der Waals surface area contributed by atoms with Crippen molar-refractivity contribution in [1.29, 1.82) is 0 Å². The van der Waals surface area contributed by atoms with Crippen LogP contribution in [0.1, 0.15) is 51.5 Å². The lowest BCUT2D eigenvalue weighted by molar-refractivity contribution is -0.144. The lowest BCUT2D eigenvalue weighted by Gasteiger charge is -2.26. The number of para-hydroxylation sites is 1. The van der Waals surface area contributed by atoms with Gasteiger partial charge >= 0.3 is 11.9 Å². The second-order valence-corrected chi connectivity index (χ2v) is 10.1. The number of benzene rings is 1. The number of aromatic nitrogens is 1. The van der Waals surface area contributed by atoms with E-state index >= 15 is 0 Å². The highest BCUT2D eigenvalue weighted by molar-refractivity contribution is 5.95. The van der Waals surface area contributed by atoms with E-state index in [0.29, 0.717) is 25.8 Å². The van der Waals surface area contributed by atoms with Gasteiger partial charge in [0.1, 0.15) is 18.1 Å². The van der Waals surface area contributed by atoms with E-state index in [-0.39, 0.29) is 12.8 Å². The van der Waals surface area contributed by atoms with Gasteiger partial charge in [-0.2, -0.15) is 0 Å². The van der Waals surface area contributed by atoms with E-state index in [2.05, 4.69) is 20.9 Å². The molecule has 0 bridgehead atoms. The predicted octanol–water partition coefficient (Wildman–Crippen LogP) is 0.227. The van der Waals surface area contributed by atoms with Crippen molar-refractivity contribution >= 4 is 40.6 Å². The maximum absolute atomic E-state index is 13.5. The molecule has 1 aromatic carbocycles. The maximum Gasteiger partial charge on any atom is 0.326 e. The standard InChI is InChI=1S/C27H40N6O7/c1-15(2)23(27(39)40)33-25(37)20(10-11-22(34)35)31-26(38)21(32-24(36)18(29)8-5-6-12-28)13-16-14-30-19-9-4-3-7-17(16)19/h3-4,7,9,14-15,18,20-21,23,30H,5-6,8,10-13,28-29H2,1-2H3,(H,31,38)(H,32,36)(H,33,37)(H,34,35)(H,39,40). The molecule has 40 heavy (non-hydrogen) atoms. The highest BCUT2D eigenvalue weighted by Crippen LogP contribution is 2.19. The van der Waals surface area contributed by atoms with Crippen LogP contribution in [-0.4, -0.2) is 75.6 Å². The van der Waals surface area contributed by atoms with Gasteiger partial charge in [-0.05, 0) is 43.4 Å². The van der Waals surface area contributed by atoms with E-state index in [9.17, 15) is 29.1 Å². The molecule has 2 aromatic rings. The number of aromatic amines is 1. The number of carboxylic acids is 2. The molecular weight excluding hydrogens is 520 g/mol. The van der Waals surface area contributed by atoms with E-state index in [1.54, 1.807) is 20.0 Å². The van der Waals surface area contributed by atoms with Gasteiger partial charge in [-0.15, -0.1) is 0 Å². The molecule has 13 heteroatoms. The molecule has 0 aliphatic carbocycles. The average molecular weight is 561 g/mol. The maximum atomic E-state index is 13.5. The van der Waals surface area contributed by atoms with Gasteiger partial charge in [-0.25, -0.2) is 4.79 Å². The topological polar surface area (TPSA) is 230 Å². The number of aliphatic carboxylic acids is 2. The molecule has 0 saturated carbocycles. The second kappa shape index (κ2) is 15.6. The van der Waals surface area contributed by atoms with Crippen molar-refractivity contribution in [2.45, 2.75) is 76.5 Å². The minimum absolute atomic E-state index is 0.0497. The highest BCUT2D eigenvalue weighted by atomic mass is 16.4. The first-order chi connectivity index (χ1) is 18.9. The fraction of sp³-hybridized carbons (Fsp3) is 0.519. The number of H-pyrrole nitrogens is 1. The van der Waals surface area contributed by atoms with E-state index in [1.165, 1.54) is 0 Å². The van der Waals surface area contributed by atoms with E-state index in [0.717, 1.165) is 16.5 Å². The molecule has 3 amide bonds. The van der Waals surface area contributed by atoms with Gasteiger partial charge in [0.25, 0.3) is 0 Å². The van der Waals surface area contributed by atoms with Crippen LogP contribution < -0.4 is 27.4 Å². The molecule has 4 atom stereocenters. The van der Waals surface area contributed by atoms with Crippen LogP contribution >= 0.6 is 0 Å². The van der Waals surface area contributed by atoms with Crippen molar-refractivity contribution in [2.75, 3.05) is 6.54 Å². The number of nitrogens with one attached hydrogen (secondary N) is 4. The number of carbonyl (C=O) groups excluding carboxylic acids is 3. The van der Waals surface area contributed by atoms with Crippen molar-refractivity contribution in [3.8, 4) is 0 Å². The third kappa shape index (κ3) is 9.65. The molecule has 1 aromatic heterocycles. The van der Waals surface area contributed by atoms with Crippen LogP contribution in [0.15, 0.2) is 30.5 Å². The molecule has 0 fully saturated rings. The summed E-state index contributed by atoms with van der Waals surface area (Å²) in [5.41, 5.74) is 13.1. The molecule has 2 rings (SSSR count). The van der Waals surface area contributed by atoms with E-state index in [4.69, 9.17) is 16.6 Å². The molecule has 0 spiro atoms. The molecule has 13 nitrogen and oxygen atoms in total. The summed E-state index contributed by atoms with van der Waals surface area (Å²) in [6.45, 7) is 3.67. The van der Waals surface area contributed by atoms with E-state index in [1.807, 2.05) is 24.3 Å². The van der Waals surface area contributed by atoms with Crippen LogP contribution in [0.5, 0.6) is 0 Å². The summed E-state index contributed by atoms with van der Waals surface area (Å²) in [5.74, 6) is -5.07. The first-order valence-electron chi connectivity index (χ1n) is 13.3. The molecular formula is C27H40N6O7. The second-order valence-electron chi connectivity index (χ2n) is 10.1. The zero-order chi connectivity index (χ0) is 29.8. The van der Waals surface area contributed by atoms with Crippen LogP contribution in [0.3, 0.4) is 0 Å². The number of amides is 3. The number of fused-ring (bicyclic) bond motifs is 1. The van der Waals surface area contributed by atoms with Crippen molar-refractivity contribution in [3.63, 3.8) is 0 Å². The molecule has 1 heterocycles. The quantitative estimate of drug-likeness (QED) is 0.124. The fourth-order valence-corrected chi connectivity index (χ4v) is 4.22. The Hall–Kier alpha value is -3.97. The summed E-state index contributed by atoms with van der Waals surface area (Å²) in [5, 5.41) is 27.0. The van der Waals surface area contributed by atoms with Gasteiger partial charge < -0.3 is 42.6 Å². The third-order valence-corrected chi connectivity index (χ3v) is 6.55. The smallest absolute Gasteiger partial charge is 0.326 e. The number of hydrogen-bond donors (Lipinski definition) is 8. The molecule has 10 N–H and O–H groups in total. The number of rotatable bonds is 17. The SMILES string of the molecule is CC(C)C(NC(=O)C(CCC(=O)O)NC(=O)C(Cc1c[nH]c2ccccc12)NC(=O)C(N)CCCCN)C(=O)O. The Labute approximate surface area is 232 Å². The number of carboxylic acid groups (broad SMARTS) is 2. The summed E-state index contributed by atoms with van der Waals surface area (Å²) in [6, 6.07) is 2.75. The third-order valence-electron chi connectivity index (χ3n) is 6.55. The number of unbranched alkanes of at least 4 members (excludes halogenated alkanes) is 1. The van der Waals surface area contributed by atoms with Crippen LogP contribution in [0.2, 0.25) is 0 Å². The highest BCUT2D eigenvalue weighted by Gasteiger charge is 2.32. The van der Waals surface area contributed by atoms with Crippen LogP contribution in [-0.2, 0) is 30.4 Å². The minimum atomic E-state index is -1.36. The van der Waals surface area contributed by atoms with Gasteiger partial charge in [-0.3, -0.25) is 19.2 Å². The number of carbonyl (C=O) groups is 5. The zero-order valence-electron chi connectivity index (χ0n) is 22.8. The molecule has 0 radical (unpaired) electrons. The van der Waals surface area contributed by atoms with Gasteiger partial charge in [0.15, 0.2) is 0 Å². The summed E-state index contributed by atoms with van der Waals surface area (Å²) in [7, 11) is 0. The molecule has 0 saturated heterocycles. The number of hydrogen-bond acceptors (Lipinski definition) is 7. The van der Waals surface area contributed by atoms with Crippen LogP contribution in [0, 0.1) is 5.92 Å². The molecule has 0 aliphatic heterocycles.